The standard InChI is InChI=1S/C29H46O2/c1-19(2)7-6-8-20(3)29(31)16-12-23-21-9-10-24-26(4,22(21)11-15-27(23,29)5)14-13-25(30)28(24)17-18-28/h10,19-23,31H,6-9,11-18H2,1-5H3/t20-,21-,22+,23+,26-,27+,29+/m1/s1. The SMILES string of the molecule is CC(C)CCC[C@@H](C)[C@@]1(O)CC[C@H]2[C@@H]3CC=C4C5(CC5)C(=O)CC[C@]4(C)[C@H]3CC[C@@]21C. The van der Waals surface area contributed by atoms with E-state index in [9.17, 15) is 9.90 Å². The van der Waals surface area contributed by atoms with Crippen molar-refractivity contribution in [2.45, 2.75) is 117 Å². The van der Waals surface area contributed by atoms with Crippen molar-refractivity contribution in [2.75, 3.05) is 0 Å². The first-order chi connectivity index (χ1) is 14.6. The zero-order valence-corrected chi connectivity index (χ0v) is 20.8. The van der Waals surface area contributed by atoms with Crippen LogP contribution in [0.25, 0.3) is 0 Å². The van der Waals surface area contributed by atoms with Crippen LogP contribution in [0.5, 0.6) is 0 Å². The summed E-state index contributed by atoms with van der Waals surface area (Å²) in [5.41, 5.74) is 1.31. The fourth-order valence-corrected chi connectivity index (χ4v) is 9.52. The highest BCUT2D eigenvalue weighted by atomic mass is 16.3. The molecule has 1 N–H and O–H groups in total. The van der Waals surface area contributed by atoms with E-state index in [-0.39, 0.29) is 16.2 Å². The molecule has 0 unspecified atom stereocenters. The van der Waals surface area contributed by atoms with Gasteiger partial charge in [0, 0.05) is 6.42 Å². The second-order valence-electron chi connectivity index (χ2n) is 13.3. The molecular formula is C29H46O2. The Balaban J connectivity index is 1.39. The molecule has 5 aliphatic carbocycles. The highest BCUT2D eigenvalue weighted by Crippen LogP contribution is 2.72. The third-order valence-electron chi connectivity index (χ3n) is 11.6. The van der Waals surface area contributed by atoms with Crippen LogP contribution in [0.1, 0.15) is 112 Å². The summed E-state index contributed by atoms with van der Waals surface area (Å²) in [7, 11) is 0. The molecule has 4 saturated carbocycles. The number of rotatable bonds is 5. The van der Waals surface area contributed by atoms with Crippen LogP contribution in [0, 0.1) is 45.8 Å². The van der Waals surface area contributed by atoms with E-state index in [1.165, 1.54) is 32.1 Å². The fraction of sp³-hybridized carbons (Fsp3) is 0.897. The predicted octanol–water partition coefficient (Wildman–Crippen LogP) is 7.10. The summed E-state index contributed by atoms with van der Waals surface area (Å²) in [6.45, 7) is 11.9. The third-order valence-corrected chi connectivity index (χ3v) is 11.6. The first kappa shape index (κ1) is 22.2. The van der Waals surface area contributed by atoms with Gasteiger partial charge >= 0.3 is 0 Å². The Morgan fingerprint density at radius 3 is 2.39 bits per heavy atom. The van der Waals surface area contributed by atoms with Crippen LogP contribution in [-0.2, 0) is 4.79 Å². The van der Waals surface area contributed by atoms with E-state index in [1.807, 2.05) is 0 Å². The zero-order chi connectivity index (χ0) is 22.2. The van der Waals surface area contributed by atoms with E-state index in [0.717, 1.165) is 56.8 Å². The average Bonchev–Trinajstić information content (AvgIpc) is 3.45. The Morgan fingerprint density at radius 1 is 1.00 bits per heavy atom. The minimum Gasteiger partial charge on any atom is -0.389 e. The van der Waals surface area contributed by atoms with Crippen LogP contribution in [0.15, 0.2) is 11.6 Å². The van der Waals surface area contributed by atoms with Crippen molar-refractivity contribution in [1.29, 1.82) is 0 Å². The highest BCUT2D eigenvalue weighted by Gasteiger charge is 2.68. The van der Waals surface area contributed by atoms with E-state index < -0.39 is 5.60 Å². The van der Waals surface area contributed by atoms with Crippen molar-refractivity contribution in [3.8, 4) is 0 Å². The largest absolute Gasteiger partial charge is 0.389 e. The van der Waals surface area contributed by atoms with Crippen LogP contribution in [0.3, 0.4) is 0 Å². The molecule has 174 valence electrons. The lowest BCUT2D eigenvalue weighted by molar-refractivity contribution is -0.152. The van der Waals surface area contributed by atoms with Crippen molar-refractivity contribution in [1.82, 2.24) is 0 Å². The molecule has 7 atom stereocenters. The number of carbonyl (C=O) groups excluding carboxylic acids is 1. The minimum absolute atomic E-state index is 0.0416. The summed E-state index contributed by atoms with van der Waals surface area (Å²) >= 11 is 0. The Hall–Kier alpha value is -0.630. The summed E-state index contributed by atoms with van der Waals surface area (Å²) in [4.78, 5) is 12.8. The molecule has 0 radical (unpaired) electrons. The van der Waals surface area contributed by atoms with Crippen LogP contribution in [0.2, 0.25) is 0 Å². The van der Waals surface area contributed by atoms with E-state index >= 15 is 0 Å². The topological polar surface area (TPSA) is 37.3 Å². The minimum atomic E-state index is -0.495. The lowest BCUT2D eigenvalue weighted by atomic mass is 9.45. The molecule has 0 aromatic carbocycles. The van der Waals surface area contributed by atoms with Gasteiger partial charge in [0.2, 0.25) is 0 Å². The number of carbonyl (C=O) groups is 1. The quantitative estimate of drug-likeness (QED) is 0.476. The normalized spacial score (nSPS) is 46.4. The first-order valence-electron chi connectivity index (χ1n) is 13.6. The monoisotopic (exact) mass is 426 g/mol. The second-order valence-corrected chi connectivity index (χ2v) is 13.3. The molecule has 1 spiro atoms. The Bertz CT molecular complexity index is 776. The van der Waals surface area contributed by atoms with Gasteiger partial charge in [0.1, 0.15) is 5.78 Å². The van der Waals surface area contributed by atoms with E-state index in [4.69, 9.17) is 0 Å². The van der Waals surface area contributed by atoms with E-state index in [2.05, 4.69) is 40.7 Å². The van der Waals surface area contributed by atoms with Crippen molar-refractivity contribution >= 4 is 5.78 Å². The van der Waals surface area contributed by atoms with Gasteiger partial charge in [-0.3, -0.25) is 4.79 Å². The van der Waals surface area contributed by atoms with E-state index in [1.54, 1.807) is 5.57 Å². The van der Waals surface area contributed by atoms with Gasteiger partial charge in [-0.2, -0.15) is 0 Å². The van der Waals surface area contributed by atoms with Gasteiger partial charge < -0.3 is 5.11 Å². The van der Waals surface area contributed by atoms with Crippen molar-refractivity contribution < 1.29 is 9.90 Å². The van der Waals surface area contributed by atoms with Gasteiger partial charge in [-0.05, 0) is 98.2 Å². The molecule has 4 fully saturated rings. The Kier molecular flexibility index (Phi) is 5.14. The van der Waals surface area contributed by atoms with Crippen LogP contribution < -0.4 is 0 Å². The average molecular weight is 427 g/mol. The number of fused-ring (bicyclic) bond motifs is 6. The van der Waals surface area contributed by atoms with Gasteiger partial charge in [0.05, 0.1) is 11.0 Å². The molecule has 0 aromatic rings. The van der Waals surface area contributed by atoms with Gasteiger partial charge in [0.15, 0.2) is 0 Å². The number of hydrogen-bond donors (Lipinski definition) is 1. The van der Waals surface area contributed by atoms with Gasteiger partial charge in [0.25, 0.3) is 0 Å². The lowest BCUT2D eigenvalue weighted by Gasteiger charge is -2.60. The molecule has 0 bridgehead atoms. The smallest absolute Gasteiger partial charge is 0.143 e. The zero-order valence-electron chi connectivity index (χ0n) is 20.8. The number of allylic oxidation sites excluding steroid dienone is 2. The molecular weight excluding hydrogens is 380 g/mol. The summed E-state index contributed by atoms with van der Waals surface area (Å²) in [5, 5.41) is 12.1. The van der Waals surface area contributed by atoms with Gasteiger partial charge in [-0.15, -0.1) is 0 Å². The fourth-order valence-electron chi connectivity index (χ4n) is 9.52. The summed E-state index contributed by atoms with van der Waals surface area (Å²) in [5.74, 6) is 3.76. The Morgan fingerprint density at radius 2 is 1.71 bits per heavy atom. The lowest BCUT2D eigenvalue weighted by Crippen LogP contribution is -2.57. The maximum Gasteiger partial charge on any atom is 0.143 e. The molecule has 0 heterocycles. The highest BCUT2D eigenvalue weighted by molar-refractivity contribution is 5.92. The molecule has 31 heavy (non-hydrogen) atoms. The third kappa shape index (κ3) is 2.95. The molecule has 0 aliphatic heterocycles. The summed E-state index contributed by atoms with van der Waals surface area (Å²) < 4.78 is 0. The number of hydrogen-bond acceptors (Lipinski definition) is 2. The molecule has 0 aromatic heterocycles. The number of aliphatic hydroxyl groups is 1. The maximum atomic E-state index is 12.8. The van der Waals surface area contributed by atoms with Gasteiger partial charge in [-0.1, -0.05) is 59.1 Å². The van der Waals surface area contributed by atoms with Crippen molar-refractivity contribution in [3.63, 3.8) is 0 Å². The van der Waals surface area contributed by atoms with Crippen LogP contribution >= 0.6 is 0 Å². The molecule has 2 nitrogen and oxygen atoms in total. The van der Waals surface area contributed by atoms with Gasteiger partial charge in [-0.25, -0.2) is 0 Å². The van der Waals surface area contributed by atoms with Crippen molar-refractivity contribution in [2.24, 2.45) is 45.8 Å². The van der Waals surface area contributed by atoms with Crippen LogP contribution in [0.4, 0.5) is 0 Å². The Labute approximate surface area is 190 Å². The first-order valence-corrected chi connectivity index (χ1v) is 13.6. The molecule has 0 saturated heterocycles. The van der Waals surface area contributed by atoms with Crippen LogP contribution in [-0.4, -0.2) is 16.5 Å². The predicted molar refractivity (Wildman–Crippen MR) is 127 cm³/mol. The number of Topliss-reactive ketones (excluding diaryl/α,β-unsaturated/α-hetero) is 1. The molecule has 5 aliphatic rings. The van der Waals surface area contributed by atoms with Crippen molar-refractivity contribution in [3.05, 3.63) is 11.6 Å². The maximum absolute atomic E-state index is 12.8. The van der Waals surface area contributed by atoms with E-state index in [0.29, 0.717) is 23.5 Å². The second kappa shape index (κ2) is 7.18. The molecule has 5 rings (SSSR count). The molecule has 2 heteroatoms. The number of ketones is 1. The molecule has 0 amide bonds. The summed E-state index contributed by atoms with van der Waals surface area (Å²) in [6, 6.07) is 0. The summed E-state index contributed by atoms with van der Waals surface area (Å²) in [6.07, 6.45) is 16.1.